The average molecular weight is 499 g/mol. The summed E-state index contributed by atoms with van der Waals surface area (Å²) >= 11 is 0. The van der Waals surface area contributed by atoms with Gasteiger partial charge in [-0.15, -0.1) is 0 Å². The minimum Gasteiger partial charge on any atom is -0.373 e. The fourth-order valence-corrected chi connectivity index (χ4v) is 5.54. The summed E-state index contributed by atoms with van der Waals surface area (Å²) in [4.78, 5) is 19.4. The van der Waals surface area contributed by atoms with E-state index in [4.69, 9.17) is 24.7 Å². The molecule has 3 aliphatic rings. The Hall–Kier alpha value is -3.26. The van der Waals surface area contributed by atoms with Crippen LogP contribution in [0.1, 0.15) is 97.3 Å². The summed E-state index contributed by atoms with van der Waals surface area (Å²) in [5.74, 6) is 0.972. The second-order valence-electron chi connectivity index (χ2n) is 10.9. The van der Waals surface area contributed by atoms with Gasteiger partial charge in [0.25, 0.3) is 0 Å². The number of rotatable bonds is 5. The van der Waals surface area contributed by atoms with Gasteiger partial charge in [0.1, 0.15) is 22.9 Å². The van der Waals surface area contributed by atoms with Crippen molar-refractivity contribution in [3.05, 3.63) is 64.7 Å². The van der Waals surface area contributed by atoms with Crippen molar-refractivity contribution in [2.24, 2.45) is 0 Å². The molecule has 3 fully saturated rings. The topological polar surface area (TPSA) is 78.6 Å². The molecule has 190 valence electrons. The molecule has 8 heteroatoms. The van der Waals surface area contributed by atoms with Crippen molar-refractivity contribution in [1.82, 2.24) is 29.7 Å². The molecule has 7 nitrogen and oxygen atoms in total. The molecule has 1 saturated heterocycles. The van der Waals surface area contributed by atoms with Crippen LogP contribution in [0.2, 0.25) is 0 Å². The van der Waals surface area contributed by atoms with Gasteiger partial charge in [-0.05, 0) is 76.0 Å². The van der Waals surface area contributed by atoms with Crippen molar-refractivity contribution in [2.75, 3.05) is 6.61 Å². The Kier molecular flexibility index (Phi) is 5.53. The van der Waals surface area contributed by atoms with Gasteiger partial charge in [0.15, 0.2) is 5.65 Å². The van der Waals surface area contributed by atoms with Gasteiger partial charge in [-0.2, -0.15) is 5.10 Å². The first kappa shape index (κ1) is 22.9. The summed E-state index contributed by atoms with van der Waals surface area (Å²) in [6.07, 6.45) is 11.4. The standard InChI is InChI=1S/C29H31FN6O/c1-16-17(2)33-29-27(32-16)26(23-9-6-19(12-24(23)30)18-4-3-5-18)34-28(35-29)20-10-11-37-25(13-20)21-14-31-36(15-21)22-7-8-22/h6,9,12,14-15,18,20,22,25H,3-5,7-8,10-11,13H2,1-2H3/t20-,25-/m1/s1. The fourth-order valence-electron chi connectivity index (χ4n) is 5.54. The summed E-state index contributed by atoms with van der Waals surface area (Å²) in [7, 11) is 0. The average Bonchev–Trinajstić information content (AvgIpc) is 3.60. The van der Waals surface area contributed by atoms with E-state index in [0.717, 1.165) is 48.2 Å². The minimum absolute atomic E-state index is 0.0571. The van der Waals surface area contributed by atoms with E-state index in [1.165, 1.54) is 19.3 Å². The number of aryl methyl sites for hydroxylation is 2. The molecule has 37 heavy (non-hydrogen) atoms. The lowest BCUT2D eigenvalue weighted by Crippen LogP contribution is -2.20. The van der Waals surface area contributed by atoms with E-state index in [0.29, 0.717) is 46.8 Å². The summed E-state index contributed by atoms with van der Waals surface area (Å²) in [6, 6.07) is 6.13. The van der Waals surface area contributed by atoms with Crippen molar-refractivity contribution in [3.63, 3.8) is 0 Å². The molecule has 7 rings (SSSR count). The van der Waals surface area contributed by atoms with Crippen LogP contribution in [0.5, 0.6) is 0 Å². The highest BCUT2D eigenvalue weighted by atomic mass is 19.1. The van der Waals surface area contributed by atoms with Gasteiger partial charge in [0, 0.05) is 29.8 Å². The van der Waals surface area contributed by atoms with E-state index in [-0.39, 0.29) is 17.8 Å². The van der Waals surface area contributed by atoms with E-state index < -0.39 is 0 Å². The zero-order valence-corrected chi connectivity index (χ0v) is 21.3. The highest BCUT2D eigenvalue weighted by Gasteiger charge is 2.31. The van der Waals surface area contributed by atoms with Gasteiger partial charge in [-0.25, -0.2) is 24.3 Å². The number of hydrogen-bond acceptors (Lipinski definition) is 6. The zero-order chi connectivity index (χ0) is 25.1. The molecule has 0 spiro atoms. The Morgan fingerprint density at radius 3 is 2.51 bits per heavy atom. The van der Waals surface area contributed by atoms with Gasteiger partial charge < -0.3 is 4.74 Å². The molecule has 4 aromatic rings. The molecule has 2 aliphatic carbocycles. The lowest BCUT2D eigenvalue weighted by Gasteiger charge is -2.28. The quantitative estimate of drug-likeness (QED) is 0.322. The van der Waals surface area contributed by atoms with Crippen LogP contribution in [0, 0.1) is 19.7 Å². The fraction of sp³-hybridized carbons (Fsp3) is 0.483. The number of nitrogens with zero attached hydrogens (tertiary/aromatic N) is 6. The molecule has 4 heterocycles. The van der Waals surface area contributed by atoms with E-state index in [2.05, 4.69) is 16.0 Å². The van der Waals surface area contributed by atoms with Crippen LogP contribution >= 0.6 is 0 Å². The Morgan fingerprint density at radius 2 is 1.76 bits per heavy atom. The first-order chi connectivity index (χ1) is 18.0. The smallest absolute Gasteiger partial charge is 0.182 e. The van der Waals surface area contributed by atoms with E-state index >= 15 is 4.39 Å². The molecule has 2 saturated carbocycles. The molecule has 0 bridgehead atoms. The number of benzene rings is 1. The Labute approximate surface area is 215 Å². The number of hydrogen-bond donors (Lipinski definition) is 0. The lowest BCUT2D eigenvalue weighted by molar-refractivity contribution is 0.00396. The van der Waals surface area contributed by atoms with Crippen molar-refractivity contribution >= 4 is 11.2 Å². The SMILES string of the molecule is Cc1nc2nc([C@@H]3CCO[C@@H](c4cnn(C5CC5)c4)C3)nc(-c3ccc(C4CCC4)cc3F)c2nc1C. The summed E-state index contributed by atoms with van der Waals surface area (Å²) in [6.45, 7) is 4.46. The zero-order valence-electron chi connectivity index (χ0n) is 21.3. The van der Waals surface area contributed by atoms with E-state index in [9.17, 15) is 0 Å². The monoisotopic (exact) mass is 498 g/mol. The lowest BCUT2D eigenvalue weighted by atomic mass is 9.80. The number of aromatic nitrogens is 6. The maximum absolute atomic E-state index is 15.6. The van der Waals surface area contributed by atoms with Crippen molar-refractivity contribution in [1.29, 1.82) is 0 Å². The Morgan fingerprint density at radius 1 is 0.919 bits per heavy atom. The van der Waals surface area contributed by atoms with Crippen LogP contribution in [0.3, 0.4) is 0 Å². The largest absolute Gasteiger partial charge is 0.373 e. The molecule has 0 amide bonds. The summed E-state index contributed by atoms with van der Waals surface area (Å²) < 4.78 is 23.8. The van der Waals surface area contributed by atoms with Crippen molar-refractivity contribution in [3.8, 4) is 11.3 Å². The Bertz CT molecular complexity index is 1490. The van der Waals surface area contributed by atoms with Gasteiger partial charge in [0.05, 0.1) is 29.7 Å². The van der Waals surface area contributed by atoms with Crippen LogP contribution in [-0.4, -0.2) is 36.3 Å². The molecule has 0 N–H and O–H groups in total. The van der Waals surface area contributed by atoms with Crippen LogP contribution in [-0.2, 0) is 4.74 Å². The summed E-state index contributed by atoms with van der Waals surface area (Å²) in [5.41, 5.74) is 5.86. The predicted octanol–water partition coefficient (Wildman–Crippen LogP) is 6.28. The maximum Gasteiger partial charge on any atom is 0.182 e. The second kappa shape index (κ2) is 8.94. The minimum atomic E-state index is -0.257. The van der Waals surface area contributed by atoms with Gasteiger partial charge >= 0.3 is 0 Å². The van der Waals surface area contributed by atoms with Gasteiger partial charge in [-0.3, -0.25) is 4.68 Å². The predicted molar refractivity (Wildman–Crippen MR) is 138 cm³/mol. The summed E-state index contributed by atoms with van der Waals surface area (Å²) in [5, 5.41) is 4.55. The first-order valence-electron chi connectivity index (χ1n) is 13.5. The van der Waals surface area contributed by atoms with Crippen LogP contribution in [0.15, 0.2) is 30.6 Å². The van der Waals surface area contributed by atoms with Crippen LogP contribution in [0.25, 0.3) is 22.4 Å². The third kappa shape index (κ3) is 4.21. The molecular formula is C29H31FN6O. The second-order valence-corrected chi connectivity index (χ2v) is 10.9. The highest BCUT2D eigenvalue weighted by molar-refractivity contribution is 5.87. The molecule has 1 aliphatic heterocycles. The number of ether oxygens (including phenoxy) is 1. The van der Waals surface area contributed by atoms with Crippen molar-refractivity contribution < 1.29 is 9.13 Å². The maximum atomic E-state index is 15.6. The van der Waals surface area contributed by atoms with Crippen molar-refractivity contribution in [2.45, 2.75) is 82.8 Å². The van der Waals surface area contributed by atoms with E-state index in [1.807, 2.05) is 32.2 Å². The number of fused-ring (bicyclic) bond motifs is 1. The third-order valence-electron chi connectivity index (χ3n) is 8.35. The first-order valence-corrected chi connectivity index (χ1v) is 13.5. The van der Waals surface area contributed by atoms with Gasteiger partial charge in [0.2, 0.25) is 0 Å². The molecule has 3 aromatic heterocycles. The number of halogens is 1. The molecule has 2 atom stereocenters. The molecule has 1 aromatic carbocycles. The Balaban J connectivity index is 1.27. The molecule has 0 radical (unpaired) electrons. The van der Waals surface area contributed by atoms with Crippen LogP contribution in [0.4, 0.5) is 4.39 Å². The molecule has 0 unspecified atom stereocenters. The third-order valence-corrected chi connectivity index (χ3v) is 8.35. The normalized spacial score (nSPS) is 22.4. The van der Waals surface area contributed by atoms with E-state index in [1.54, 1.807) is 6.07 Å². The van der Waals surface area contributed by atoms with Gasteiger partial charge in [-0.1, -0.05) is 12.5 Å². The van der Waals surface area contributed by atoms with Crippen LogP contribution < -0.4 is 0 Å². The highest BCUT2D eigenvalue weighted by Crippen LogP contribution is 2.41. The molecular weight excluding hydrogens is 467 g/mol.